The lowest BCUT2D eigenvalue weighted by Crippen LogP contribution is -2.39. The number of H-pyrrole nitrogens is 1. The number of ether oxygens (including phenoxy) is 1. The van der Waals surface area contributed by atoms with E-state index in [1.165, 1.54) is 5.56 Å². The molecule has 1 unspecified atom stereocenters. The maximum atomic E-state index is 12.8. The van der Waals surface area contributed by atoms with Gasteiger partial charge in [-0.15, -0.1) is 0 Å². The zero-order chi connectivity index (χ0) is 21.1. The number of nitrogens with one attached hydrogen (secondary N) is 3. The Labute approximate surface area is 173 Å². The molecule has 1 atom stereocenters. The Kier molecular flexibility index (Phi) is 5.62. The van der Waals surface area contributed by atoms with Crippen LogP contribution in [-0.4, -0.2) is 58.3 Å². The van der Waals surface area contributed by atoms with Gasteiger partial charge in [-0.2, -0.15) is 5.10 Å². The van der Waals surface area contributed by atoms with E-state index in [9.17, 15) is 9.59 Å². The zero-order valence-electron chi connectivity index (χ0n) is 16.9. The molecule has 0 aliphatic carbocycles. The number of carbonyl (C=O) groups excluding carboxylic acids is 2. The van der Waals surface area contributed by atoms with E-state index in [0.717, 1.165) is 23.0 Å². The monoisotopic (exact) mass is 408 g/mol. The standard InChI is InChI=1S/C21H24N6O3/c1-13(12-30-2)24-20(28)14-4-3-5-16(8-14)25-21(29)27-7-6-17-15(11-27)9-22-19-18(17)10-23-26-19/h3-5,8-10,13H,6-7,11-12H2,1-2H3,(H,24,28)(H,25,29)(H,22,23,26). The van der Waals surface area contributed by atoms with Crippen molar-refractivity contribution in [3.8, 4) is 0 Å². The number of aromatic nitrogens is 3. The van der Waals surface area contributed by atoms with E-state index < -0.39 is 0 Å². The van der Waals surface area contributed by atoms with Gasteiger partial charge in [0.05, 0.1) is 12.8 Å². The fourth-order valence-electron chi connectivity index (χ4n) is 3.67. The third kappa shape index (κ3) is 4.11. The number of aromatic amines is 1. The first-order valence-corrected chi connectivity index (χ1v) is 9.80. The van der Waals surface area contributed by atoms with Gasteiger partial charge in [0.1, 0.15) is 0 Å². The second-order valence-corrected chi connectivity index (χ2v) is 7.41. The van der Waals surface area contributed by atoms with Crippen LogP contribution in [0, 0.1) is 0 Å². The van der Waals surface area contributed by atoms with E-state index in [1.54, 1.807) is 48.7 Å². The van der Waals surface area contributed by atoms with Crippen molar-refractivity contribution in [1.29, 1.82) is 0 Å². The van der Waals surface area contributed by atoms with Gasteiger partial charge in [-0.3, -0.25) is 9.89 Å². The van der Waals surface area contributed by atoms with E-state index in [4.69, 9.17) is 4.74 Å². The van der Waals surface area contributed by atoms with Crippen molar-refractivity contribution in [3.63, 3.8) is 0 Å². The van der Waals surface area contributed by atoms with Gasteiger partial charge in [-0.25, -0.2) is 9.78 Å². The van der Waals surface area contributed by atoms with Crippen LogP contribution in [0.2, 0.25) is 0 Å². The molecule has 2 aromatic heterocycles. The van der Waals surface area contributed by atoms with Crippen LogP contribution in [0.25, 0.3) is 11.0 Å². The van der Waals surface area contributed by atoms with Crippen molar-refractivity contribution in [2.24, 2.45) is 0 Å². The van der Waals surface area contributed by atoms with Crippen LogP contribution >= 0.6 is 0 Å². The summed E-state index contributed by atoms with van der Waals surface area (Å²) in [6, 6.07) is 6.57. The Morgan fingerprint density at radius 1 is 1.33 bits per heavy atom. The van der Waals surface area contributed by atoms with Crippen LogP contribution in [0.1, 0.15) is 28.4 Å². The van der Waals surface area contributed by atoms with Crippen LogP contribution < -0.4 is 10.6 Å². The molecule has 0 fully saturated rings. The predicted octanol–water partition coefficient (Wildman–Crippen LogP) is 2.31. The van der Waals surface area contributed by atoms with Crippen molar-refractivity contribution in [2.75, 3.05) is 25.6 Å². The third-order valence-electron chi connectivity index (χ3n) is 5.13. The smallest absolute Gasteiger partial charge is 0.322 e. The van der Waals surface area contributed by atoms with E-state index in [2.05, 4.69) is 25.8 Å². The molecule has 0 bridgehead atoms. The van der Waals surface area contributed by atoms with Gasteiger partial charge in [-0.05, 0) is 42.7 Å². The minimum absolute atomic E-state index is 0.107. The predicted molar refractivity (Wildman–Crippen MR) is 112 cm³/mol. The summed E-state index contributed by atoms with van der Waals surface area (Å²) < 4.78 is 5.04. The second kappa shape index (κ2) is 8.50. The molecule has 1 aliphatic heterocycles. The van der Waals surface area contributed by atoms with Crippen LogP contribution in [0.4, 0.5) is 10.5 Å². The van der Waals surface area contributed by atoms with Crippen LogP contribution in [0.5, 0.6) is 0 Å². The molecule has 4 rings (SSSR count). The summed E-state index contributed by atoms with van der Waals surface area (Å²) in [5.41, 5.74) is 4.02. The molecule has 3 N–H and O–H groups in total. The maximum Gasteiger partial charge on any atom is 0.322 e. The maximum absolute atomic E-state index is 12.8. The number of fused-ring (bicyclic) bond motifs is 3. The summed E-state index contributed by atoms with van der Waals surface area (Å²) in [7, 11) is 1.59. The first-order chi connectivity index (χ1) is 14.5. The van der Waals surface area contributed by atoms with Crippen molar-refractivity contribution in [1.82, 2.24) is 25.4 Å². The number of nitrogens with zero attached hydrogens (tertiary/aromatic N) is 3. The van der Waals surface area contributed by atoms with Gasteiger partial charge in [0, 0.05) is 49.1 Å². The number of benzene rings is 1. The Morgan fingerprint density at radius 2 is 2.20 bits per heavy atom. The zero-order valence-corrected chi connectivity index (χ0v) is 16.9. The summed E-state index contributed by atoms with van der Waals surface area (Å²) in [4.78, 5) is 31.3. The fraction of sp³-hybridized carbons (Fsp3) is 0.333. The molecule has 3 amide bonds. The largest absolute Gasteiger partial charge is 0.383 e. The Hall–Kier alpha value is -3.46. The molecule has 3 heterocycles. The normalized spacial score (nSPS) is 14.3. The Morgan fingerprint density at radius 3 is 3.03 bits per heavy atom. The van der Waals surface area contributed by atoms with Crippen LogP contribution in [0.3, 0.4) is 0 Å². The number of urea groups is 1. The highest BCUT2D eigenvalue weighted by molar-refractivity contribution is 5.97. The Balaban J connectivity index is 1.42. The number of methoxy groups -OCH3 is 1. The molecule has 0 spiro atoms. The minimum Gasteiger partial charge on any atom is -0.383 e. The molecule has 156 valence electrons. The number of hydrogen-bond acceptors (Lipinski definition) is 5. The molecule has 9 nitrogen and oxygen atoms in total. The number of anilines is 1. The van der Waals surface area contributed by atoms with Gasteiger partial charge in [-0.1, -0.05) is 6.07 Å². The lowest BCUT2D eigenvalue weighted by Gasteiger charge is -2.29. The lowest BCUT2D eigenvalue weighted by atomic mass is 9.99. The van der Waals surface area contributed by atoms with Gasteiger partial charge in [0.15, 0.2) is 5.65 Å². The highest BCUT2D eigenvalue weighted by Crippen LogP contribution is 2.25. The highest BCUT2D eigenvalue weighted by Gasteiger charge is 2.23. The van der Waals surface area contributed by atoms with Gasteiger partial charge < -0.3 is 20.3 Å². The van der Waals surface area contributed by atoms with E-state index >= 15 is 0 Å². The molecule has 0 saturated carbocycles. The molecule has 0 radical (unpaired) electrons. The molecular formula is C21H24N6O3. The van der Waals surface area contributed by atoms with Gasteiger partial charge in [0.2, 0.25) is 0 Å². The first-order valence-electron chi connectivity index (χ1n) is 9.80. The summed E-state index contributed by atoms with van der Waals surface area (Å²) >= 11 is 0. The van der Waals surface area contributed by atoms with E-state index in [0.29, 0.717) is 30.9 Å². The molecule has 30 heavy (non-hydrogen) atoms. The van der Waals surface area contributed by atoms with E-state index in [1.807, 2.05) is 6.92 Å². The minimum atomic E-state index is -0.210. The van der Waals surface area contributed by atoms with Crippen molar-refractivity contribution < 1.29 is 14.3 Å². The van der Waals surface area contributed by atoms with Crippen LogP contribution in [0.15, 0.2) is 36.7 Å². The van der Waals surface area contributed by atoms with Gasteiger partial charge >= 0.3 is 6.03 Å². The number of rotatable bonds is 5. The molecule has 1 aliphatic rings. The highest BCUT2D eigenvalue weighted by atomic mass is 16.5. The first kappa shape index (κ1) is 19.8. The number of pyridine rings is 1. The summed E-state index contributed by atoms with van der Waals surface area (Å²) in [6.07, 6.45) is 4.31. The molecular weight excluding hydrogens is 384 g/mol. The number of amides is 3. The number of hydrogen-bond donors (Lipinski definition) is 3. The molecule has 9 heteroatoms. The lowest BCUT2D eigenvalue weighted by molar-refractivity contribution is 0.0905. The third-order valence-corrected chi connectivity index (χ3v) is 5.13. The fourth-order valence-corrected chi connectivity index (χ4v) is 3.67. The van der Waals surface area contributed by atoms with Crippen molar-refractivity contribution >= 4 is 28.7 Å². The quantitative estimate of drug-likeness (QED) is 0.600. The molecule has 0 saturated heterocycles. The van der Waals surface area contributed by atoms with Crippen LogP contribution in [-0.2, 0) is 17.7 Å². The van der Waals surface area contributed by atoms with Crippen molar-refractivity contribution in [2.45, 2.75) is 25.9 Å². The summed E-state index contributed by atoms with van der Waals surface area (Å²) in [5.74, 6) is -0.210. The summed E-state index contributed by atoms with van der Waals surface area (Å²) in [6.45, 7) is 3.37. The summed E-state index contributed by atoms with van der Waals surface area (Å²) in [5, 5.41) is 13.7. The SMILES string of the molecule is COCC(C)NC(=O)c1cccc(NC(=O)N2CCc3c(cnc4[nH]ncc34)C2)c1. The Bertz CT molecular complexity index is 1080. The van der Waals surface area contributed by atoms with E-state index in [-0.39, 0.29) is 18.0 Å². The second-order valence-electron chi connectivity index (χ2n) is 7.41. The molecule has 1 aromatic carbocycles. The number of carbonyl (C=O) groups is 2. The average molecular weight is 408 g/mol. The van der Waals surface area contributed by atoms with Crippen molar-refractivity contribution in [3.05, 3.63) is 53.3 Å². The molecule has 3 aromatic rings. The topological polar surface area (TPSA) is 112 Å². The van der Waals surface area contributed by atoms with Gasteiger partial charge in [0.25, 0.3) is 5.91 Å². The average Bonchev–Trinajstić information content (AvgIpc) is 3.23.